The Morgan fingerprint density at radius 2 is 2.21 bits per heavy atom. The van der Waals surface area contributed by atoms with Gasteiger partial charge in [-0.15, -0.1) is 12.4 Å². The van der Waals surface area contributed by atoms with Gasteiger partial charge in [0.05, 0.1) is 5.69 Å². The minimum absolute atomic E-state index is 0. The van der Waals surface area contributed by atoms with Gasteiger partial charge in [-0.2, -0.15) is 5.10 Å². The minimum atomic E-state index is -0.926. The van der Waals surface area contributed by atoms with Crippen LogP contribution < -0.4 is 0 Å². The first-order chi connectivity index (χ1) is 6.00. The topological polar surface area (TPSA) is 58.4 Å². The molecule has 0 spiro atoms. The lowest BCUT2D eigenvalue weighted by Gasteiger charge is -2.06. The second kappa shape index (κ2) is 4.97. The molecule has 5 nitrogen and oxygen atoms in total. The van der Waals surface area contributed by atoms with E-state index in [0.717, 1.165) is 0 Å². The molecule has 0 bridgehead atoms. The van der Waals surface area contributed by atoms with Crippen LogP contribution in [0, 0.1) is 0 Å². The van der Waals surface area contributed by atoms with Crippen molar-refractivity contribution in [1.29, 1.82) is 0 Å². The monoisotopic (exact) mass is 219 g/mol. The highest BCUT2D eigenvalue weighted by atomic mass is 35.5. The summed E-state index contributed by atoms with van der Waals surface area (Å²) < 4.78 is 1.52. The van der Waals surface area contributed by atoms with Gasteiger partial charge in [-0.1, -0.05) is 0 Å². The molecule has 1 rings (SSSR count). The summed E-state index contributed by atoms with van der Waals surface area (Å²) in [5.74, 6) is -0.926. The Hall–Kier alpha value is -1.07. The van der Waals surface area contributed by atoms with E-state index in [1.54, 1.807) is 7.05 Å². The maximum atomic E-state index is 10.7. The van der Waals surface area contributed by atoms with Crippen molar-refractivity contribution in [3.05, 3.63) is 17.5 Å². The van der Waals surface area contributed by atoms with Crippen molar-refractivity contribution >= 4 is 18.4 Å². The fraction of sp³-hybridized carbons (Fsp3) is 0.500. The highest BCUT2D eigenvalue weighted by molar-refractivity contribution is 5.88. The lowest BCUT2D eigenvalue weighted by molar-refractivity contribution is 0.0695. The maximum absolute atomic E-state index is 10.7. The zero-order chi connectivity index (χ0) is 10.0. The Morgan fingerprint density at radius 1 is 1.64 bits per heavy atom. The van der Waals surface area contributed by atoms with E-state index in [-0.39, 0.29) is 18.0 Å². The molecule has 1 aromatic rings. The molecule has 0 radical (unpaired) electrons. The van der Waals surface area contributed by atoms with Crippen LogP contribution >= 0.6 is 12.4 Å². The van der Waals surface area contributed by atoms with Crippen LogP contribution in [0.5, 0.6) is 0 Å². The molecule has 0 unspecified atom stereocenters. The van der Waals surface area contributed by atoms with Crippen LogP contribution in [-0.4, -0.2) is 39.9 Å². The molecule has 0 atom stereocenters. The zero-order valence-corrected chi connectivity index (χ0v) is 9.21. The van der Waals surface area contributed by atoms with Crippen LogP contribution in [0.4, 0.5) is 0 Å². The average molecular weight is 220 g/mol. The molecule has 0 aliphatic rings. The summed E-state index contributed by atoms with van der Waals surface area (Å²) in [5, 5.41) is 12.9. The molecule has 1 aromatic heterocycles. The quantitative estimate of drug-likeness (QED) is 0.809. The summed E-state index contributed by atoms with van der Waals surface area (Å²) >= 11 is 0. The van der Waals surface area contributed by atoms with E-state index in [1.807, 2.05) is 19.0 Å². The van der Waals surface area contributed by atoms with Gasteiger partial charge in [0.15, 0.2) is 0 Å². The number of aromatic nitrogens is 2. The second-order valence-electron chi connectivity index (χ2n) is 3.21. The molecule has 0 saturated carbocycles. The molecule has 0 aliphatic heterocycles. The van der Waals surface area contributed by atoms with Crippen LogP contribution in [0.15, 0.2) is 6.20 Å². The van der Waals surface area contributed by atoms with Gasteiger partial charge < -0.3 is 10.0 Å². The number of aryl methyl sites for hydroxylation is 1. The Balaban J connectivity index is 0.00000169. The van der Waals surface area contributed by atoms with E-state index in [0.29, 0.717) is 12.2 Å². The number of carboxylic acid groups (broad SMARTS) is 1. The minimum Gasteiger partial charge on any atom is -0.478 e. The molecular weight excluding hydrogens is 206 g/mol. The first-order valence-corrected chi connectivity index (χ1v) is 3.91. The van der Waals surface area contributed by atoms with Crippen molar-refractivity contribution < 1.29 is 9.90 Å². The Labute approximate surface area is 88.7 Å². The van der Waals surface area contributed by atoms with Gasteiger partial charge in [0.1, 0.15) is 5.56 Å². The first-order valence-electron chi connectivity index (χ1n) is 3.91. The van der Waals surface area contributed by atoms with E-state index >= 15 is 0 Å². The summed E-state index contributed by atoms with van der Waals surface area (Å²) in [5.41, 5.74) is 0.871. The highest BCUT2D eigenvalue weighted by Crippen LogP contribution is 2.07. The lowest BCUT2D eigenvalue weighted by Crippen LogP contribution is -2.13. The normalized spacial score (nSPS) is 10.0. The predicted octanol–water partition coefficient (Wildman–Crippen LogP) is 0.602. The van der Waals surface area contributed by atoms with E-state index in [2.05, 4.69) is 5.10 Å². The van der Waals surface area contributed by atoms with Crippen molar-refractivity contribution in [2.24, 2.45) is 7.05 Å². The van der Waals surface area contributed by atoms with Crippen molar-refractivity contribution in [2.75, 3.05) is 14.1 Å². The van der Waals surface area contributed by atoms with Crippen LogP contribution in [-0.2, 0) is 13.6 Å². The third kappa shape index (κ3) is 3.01. The molecule has 1 N–H and O–H groups in total. The summed E-state index contributed by atoms with van der Waals surface area (Å²) in [6, 6.07) is 0. The van der Waals surface area contributed by atoms with Crippen molar-refractivity contribution in [3.8, 4) is 0 Å². The number of hydrogen-bond donors (Lipinski definition) is 1. The molecular formula is C8H14ClN3O2. The average Bonchev–Trinajstić information content (AvgIpc) is 2.29. The number of halogens is 1. The highest BCUT2D eigenvalue weighted by Gasteiger charge is 2.14. The third-order valence-electron chi connectivity index (χ3n) is 1.60. The van der Waals surface area contributed by atoms with E-state index in [4.69, 9.17) is 5.11 Å². The van der Waals surface area contributed by atoms with Crippen molar-refractivity contribution in [1.82, 2.24) is 14.7 Å². The second-order valence-corrected chi connectivity index (χ2v) is 3.21. The lowest BCUT2D eigenvalue weighted by atomic mass is 10.2. The number of rotatable bonds is 3. The van der Waals surface area contributed by atoms with Crippen LogP contribution in [0.25, 0.3) is 0 Å². The zero-order valence-electron chi connectivity index (χ0n) is 8.39. The molecule has 0 saturated heterocycles. The van der Waals surface area contributed by atoms with Crippen molar-refractivity contribution in [2.45, 2.75) is 6.54 Å². The summed E-state index contributed by atoms with van der Waals surface area (Å²) in [7, 11) is 5.46. The van der Waals surface area contributed by atoms with E-state index in [1.165, 1.54) is 10.9 Å². The Kier molecular flexibility index (Phi) is 4.59. The molecule has 80 valence electrons. The van der Waals surface area contributed by atoms with Crippen LogP contribution in [0.2, 0.25) is 0 Å². The fourth-order valence-electron chi connectivity index (χ4n) is 1.13. The SMILES string of the molecule is CN(C)Cc1nn(C)cc1C(=O)O.Cl. The van der Waals surface area contributed by atoms with Gasteiger partial charge in [0.25, 0.3) is 0 Å². The number of hydrogen-bond acceptors (Lipinski definition) is 3. The third-order valence-corrected chi connectivity index (χ3v) is 1.60. The van der Waals surface area contributed by atoms with Gasteiger partial charge in [-0.3, -0.25) is 4.68 Å². The van der Waals surface area contributed by atoms with Gasteiger partial charge in [-0.25, -0.2) is 4.79 Å². The van der Waals surface area contributed by atoms with E-state index in [9.17, 15) is 4.79 Å². The largest absolute Gasteiger partial charge is 0.478 e. The first kappa shape index (κ1) is 12.9. The maximum Gasteiger partial charge on any atom is 0.339 e. The van der Waals surface area contributed by atoms with Gasteiger partial charge in [-0.05, 0) is 14.1 Å². The number of aromatic carboxylic acids is 1. The van der Waals surface area contributed by atoms with Gasteiger partial charge in [0, 0.05) is 19.8 Å². The fourth-order valence-corrected chi connectivity index (χ4v) is 1.13. The summed E-state index contributed by atoms with van der Waals surface area (Å²) in [4.78, 5) is 12.6. The number of carbonyl (C=O) groups is 1. The Bertz CT molecular complexity index is 322. The van der Waals surface area contributed by atoms with Crippen LogP contribution in [0.3, 0.4) is 0 Å². The molecule has 14 heavy (non-hydrogen) atoms. The Morgan fingerprint density at radius 3 is 2.64 bits per heavy atom. The number of nitrogens with zero attached hydrogens (tertiary/aromatic N) is 3. The van der Waals surface area contributed by atoms with Gasteiger partial charge in [0.2, 0.25) is 0 Å². The molecule has 0 aliphatic carbocycles. The van der Waals surface area contributed by atoms with E-state index < -0.39 is 5.97 Å². The van der Waals surface area contributed by atoms with Crippen molar-refractivity contribution in [3.63, 3.8) is 0 Å². The predicted molar refractivity (Wildman–Crippen MR) is 54.8 cm³/mol. The number of carboxylic acids is 1. The molecule has 6 heteroatoms. The van der Waals surface area contributed by atoms with Crippen LogP contribution in [0.1, 0.15) is 16.1 Å². The molecule has 0 aromatic carbocycles. The molecule has 0 amide bonds. The summed E-state index contributed by atoms with van der Waals surface area (Å²) in [6.07, 6.45) is 1.52. The molecule has 0 fully saturated rings. The molecule has 1 heterocycles. The smallest absolute Gasteiger partial charge is 0.339 e. The standard InChI is InChI=1S/C8H13N3O2.ClH/c1-10(2)5-7-6(8(12)13)4-11(3)9-7;/h4H,5H2,1-3H3,(H,12,13);1H. The summed E-state index contributed by atoms with van der Waals surface area (Å²) in [6.45, 7) is 0.544. The van der Waals surface area contributed by atoms with Gasteiger partial charge >= 0.3 is 5.97 Å².